The van der Waals surface area contributed by atoms with Crippen molar-refractivity contribution in [3.8, 4) is 22.3 Å². The molecule has 2 N–H and O–H groups in total. The van der Waals surface area contributed by atoms with Gasteiger partial charge in [0.25, 0.3) is 5.91 Å². The Kier molecular flexibility index (Phi) is 10.9. The predicted octanol–water partition coefficient (Wildman–Crippen LogP) is 5.86. The van der Waals surface area contributed by atoms with Crippen LogP contribution in [0.15, 0.2) is 107 Å². The van der Waals surface area contributed by atoms with Crippen molar-refractivity contribution in [1.82, 2.24) is 15.3 Å². The van der Waals surface area contributed by atoms with Gasteiger partial charge in [-0.25, -0.2) is 31.6 Å². The molecule has 0 fully saturated rings. The van der Waals surface area contributed by atoms with Crippen molar-refractivity contribution in [1.29, 1.82) is 0 Å². The van der Waals surface area contributed by atoms with E-state index in [4.69, 9.17) is 5.11 Å². The van der Waals surface area contributed by atoms with E-state index in [2.05, 4.69) is 15.3 Å². The molecule has 0 radical (unpaired) electrons. The molecular formula is C36H35N3O7S2. The molecule has 248 valence electrons. The number of amides is 1. The van der Waals surface area contributed by atoms with Gasteiger partial charge in [-0.3, -0.25) is 4.79 Å². The molecule has 1 amide bonds. The van der Waals surface area contributed by atoms with E-state index in [1.807, 2.05) is 62.4 Å². The highest BCUT2D eigenvalue weighted by atomic mass is 32.2. The molecule has 12 heteroatoms. The van der Waals surface area contributed by atoms with Crippen molar-refractivity contribution in [2.75, 3.05) is 12.5 Å². The van der Waals surface area contributed by atoms with Crippen LogP contribution in [0.25, 0.3) is 22.3 Å². The van der Waals surface area contributed by atoms with Gasteiger partial charge in [0, 0.05) is 42.6 Å². The largest absolute Gasteiger partial charge is 0.478 e. The molecule has 0 bridgehead atoms. The summed E-state index contributed by atoms with van der Waals surface area (Å²) in [4.78, 5) is 32.1. The number of aromatic nitrogens is 2. The number of sulfone groups is 2. The Labute approximate surface area is 280 Å². The van der Waals surface area contributed by atoms with Crippen LogP contribution in [0.3, 0.4) is 0 Å². The van der Waals surface area contributed by atoms with Crippen molar-refractivity contribution in [3.63, 3.8) is 0 Å². The molecule has 0 aliphatic rings. The van der Waals surface area contributed by atoms with E-state index in [-0.39, 0.29) is 33.4 Å². The van der Waals surface area contributed by atoms with E-state index in [0.29, 0.717) is 17.0 Å². The van der Waals surface area contributed by atoms with Crippen molar-refractivity contribution in [2.24, 2.45) is 0 Å². The van der Waals surface area contributed by atoms with Gasteiger partial charge in [-0.05, 0) is 79.4 Å². The zero-order chi connectivity index (χ0) is 35.2. The minimum Gasteiger partial charge on any atom is -0.478 e. The Morgan fingerprint density at radius 2 is 1.04 bits per heavy atom. The van der Waals surface area contributed by atoms with Crippen molar-refractivity contribution < 1.29 is 31.5 Å². The summed E-state index contributed by atoms with van der Waals surface area (Å²) >= 11 is 0. The van der Waals surface area contributed by atoms with Crippen LogP contribution < -0.4 is 5.32 Å². The lowest BCUT2D eigenvalue weighted by Gasteiger charge is -2.10. The van der Waals surface area contributed by atoms with Crippen LogP contribution in [0, 0.1) is 20.8 Å². The Morgan fingerprint density at radius 1 is 0.625 bits per heavy atom. The fourth-order valence-corrected chi connectivity index (χ4v) is 5.87. The van der Waals surface area contributed by atoms with Gasteiger partial charge < -0.3 is 10.4 Å². The second kappa shape index (κ2) is 14.7. The zero-order valence-electron chi connectivity index (χ0n) is 27.1. The molecule has 5 rings (SSSR count). The first-order valence-electron chi connectivity index (χ1n) is 14.6. The maximum Gasteiger partial charge on any atom is 0.335 e. The van der Waals surface area contributed by atoms with Gasteiger partial charge in [0.2, 0.25) is 0 Å². The number of benzene rings is 4. The van der Waals surface area contributed by atoms with Crippen molar-refractivity contribution in [3.05, 3.63) is 131 Å². The maximum absolute atomic E-state index is 12.7. The fraction of sp³-hybridized carbons (Fsp3) is 0.167. The van der Waals surface area contributed by atoms with Gasteiger partial charge in [0.1, 0.15) is 5.82 Å². The molecule has 0 spiro atoms. The maximum atomic E-state index is 12.7. The second-order valence-electron chi connectivity index (χ2n) is 11.4. The highest BCUT2D eigenvalue weighted by Gasteiger charge is 2.16. The number of carboxylic acid groups (broad SMARTS) is 1. The normalized spacial score (nSPS) is 11.3. The van der Waals surface area contributed by atoms with E-state index in [1.54, 1.807) is 31.5 Å². The zero-order valence-corrected chi connectivity index (χ0v) is 28.7. The molecule has 1 heterocycles. The first-order valence-corrected chi connectivity index (χ1v) is 18.4. The van der Waals surface area contributed by atoms with Gasteiger partial charge >= 0.3 is 5.97 Å². The van der Waals surface area contributed by atoms with E-state index in [0.717, 1.165) is 40.3 Å². The number of carbonyl (C=O) groups excluding carboxylic acids is 1. The standard InChI is InChI=1S/C21H21N3O3S.C15H14O4S/c1-14-4-6-17(7-5-14)18-8-19(10-20(9-18)28(3,26)27)21(25)24-13-16-11-22-15(2)23-12-16;1-10-3-5-11(6-4-10)12-7-13(15(16)17)9-14(8-12)20(2,18)19/h4-12H,13H2,1-3H3,(H,24,25);3-9H,1-2H3,(H,16,17). The molecule has 1 aromatic heterocycles. The average molecular weight is 686 g/mol. The molecule has 0 aliphatic heterocycles. The summed E-state index contributed by atoms with van der Waals surface area (Å²) in [5, 5.41) is 11.9. The van der Waals surface area contributed by atoms with Crippen LogP contribution in [0.2, 0.25) is 0 Å². The van der Waals surface area contributed by atoms with Gasteiger partial charge in [-0.2, -0.15) is 0 Å². The summed E-state index contributed by atoms with van der Waals surface area (Å²) < 4.78 is 47.5. The van der Waals surface area contributed by atoms with Crippen LogP contribution in [-0.4, -0.2) is 56.3 Å². The first kappa shape index (κ1) is 35.7. The summed E-state index contributed by atoms with van der Waals surface area (Å²) in [6.45, 7) is 5.96. The smallest absolute Gasteiger partial charge is 0.335 e. The van der Waals surface area contributed by atoms with Gasteiger partial charge in [0.05, 0.1) is 15.4 Å². The second-order valence-corrected chi connectivity index (χ2v) is 15.4. The lowest BCUT2D eigenvalue weighted by atomic mass is 10.0. The van der Waals surface area contributed by atoms with Crippen LogP contribution in [0.4, 0.5) is 0 Å². The highest BCUT2D eigenvalue weighted by Crippen LogP contribution is 2.27. The summed E-state index contributed by atoms with van der Waals surface area (Å²) in [5.41, 5.74) is 6.05. The van der Waals surface area contributed by atoms with Gasteiger partial charge in [-0.1, -0.05) is 59.7 Å². The third-order valence-corrected chi connectivity index (χ3v) is 9.42. The van der Waals surface area contributed by atoms with E-state index >= 15 is 0 Å². The van der Waals surface area contributed by atoms with Crippen molar-refractivity contribution >= 4 is 31.6 Å². The molecule has 4 aromatic carbocycles. The summed E-state index contributed by atoms with van der Waals surface area (Å²) in [7, 11) is -6.93. The minimum atomic E-state index is -3.47. The molecular weight excluding hydrogens is 651 g/mol. The van der Waals surface area contributed by atoms with Crippen LogP contribution >= 0.6 is 0 Å². The number of rotatable bonds is 8. The highest BCUT2D eigenvalue weighted by molar-refractivity contribution is 7.91. The van der Waals surface area contributed by atoms with E-state index in [1.165, 1.54) is 24.3 Å². The predicted molar refractivity (Wildman–Crippen MR) is 184 cm³/mol. The molecule has 0 saturated carbocycles. The topological polar surface area (TPSA) is 160 Å². The fourth-order valence-electron chi connectivity index (χ4n) is 4.50. The molecule has 48 heavy (non-hydrogen) atoms. The number of hydrogen-bond donors (Lipinski definition) is 2. The van der Waals surface area contributed by atoms with E-state index < -0.39 is 25.6 Å². The third kappa shape index (κ3) is 9.66. The minimum absolute atomic E-state index is 0.00738. The lowest BCUT2D eigenvalue weighted by molar-refractivity contribution is 0.0696. The quantitative estimate of drug-likeness (QED) is 0.204. The molecule has 0 saturated heterocycles. The van der Waals surface area contributed by atoms with Gasteiger partial charge in [0.15, 0.2) is 19.7 Å². The Morgan fingerprint density at radius 3 is 1.46 bits per heavy atom. The third-order valence-electron chi connectivity index (χ3n) is 7.24. The van der Waals surface area contributed by atoms with Crippen LogP contribution in [0.1, 0.15) is 43.2 Å². The first-order chi connectivity index (χ1) is 22.5. The molecule has 5 aromatic rings. The number of carbonyl (C=O) groups is 2. The molecule has 10 nitrogen and oxygen atoms in total. The van der Waals surface area contributed by atoms with Gasteiger partial charge in [-0.15, -0.1) is 0 Å². The van der Waals surface area contributed by atoms with Crippen molar-refractivity contribution in [2.45, 2.75) is 37.1 Å². The molecule has 0 atom stereocenters. The Balaban J connectivity index is 0.000000229. The monoisotopic (exact) mass is 685 g/mol. The SMILES string of the molecule is Cc1ccc(-c2cc(C(=O)NCc3cnc(C)nc3)cc(S(C)(=O)=O)c2)cc1.Cc1ccc(-c2cc(C(=O)O)cc(S(C)(=O)=O)c2)cc1. The number of hydrogen-bond acceptors (Lipinski definition) is 8. The number of aryl methyl sites for hydroxylation is 3. The lowest BCUT2D eigenvalue weighted by Crippen LogP contribution is -2.23. The number of nitrogens with zero attached hydrogens (tertiary/aromatic N) is 2. The average Bonchev–Trinajstić information content (AvgIpc) is 3.04. The Bertz CT molecular complexity index is 2180. The number of nitrogens with one attached hydrogen (secondary N) is 1. The summed E-state index contributed by atoms with van der Waals surface area (Å²) in [6, 6.07) is 24.0. The summed E-state index contributed by atoms with van der Waals surface area (Å²) in [5.74, 6) is -0.859. The number of carboxylic acids is 1. The molecule has 0 aliphatic carbocycles. The van der Waals surface area contributed by atoms with Crippen LogP contribution in [-0.2, 0) is 26.2 Å². The summed E-state index contributed by atoms with van der Waals surface area (Å²) in [6.07, 6.45) is 5.49. The van der Waals surface area contributed by atoms with Crippen LogP contribution in [0.5, 0.6) is 0 Å². The number of aromatic carboxylic acids is 1. The Hall–Kier alpha value is -5.20. The van der Waals surface area contributed by atoms with E-state index in [9.17, 15) is 26.4 Å². The molecule has 0 unspecified atom stereocenters.